The summed E-state index contributed by atoms with van der Waals surface area (Å²) in [5, 5.41) is 18.2. The summed E-state index contributed by atoms with van der Waals surface area (Å²) in [4.78, 5) is 5.88. The number of benzene rings is 1. The van der Waals surface area contributed by atoms with Gasteiger partial charge in [-0.15, -0.1) is 10.2 Å². The van der Waals surface area contributed by atoms with Crippen LogP contribution in [0.1, 0.15) is 43.3 Å². The predicted molar refractivity (Wildman–Crippen MR) is 115 cm³/mol. The Kier molecular flexibility index (Phi) is 5.62. The fourth-order valence-electron chi connectivity index (χ4n) is 4.05. The van der Waals surface area contributed by atoms with Gasteiger partial charge in [0.15, 0.2) is 5.82 Å². The summed E-state index contributed by atoms with van der Waals surface area (Å²) in [5.74, 6) is 2.73. The first-order valence-electron chi connectivity index (χ1n) is 10.4. The van der Waals surface area contributed by atoms with Gasteiger partial charge >= 0.3 is 0 Å². The maximum atomic E-state index is 6.12. The van der Waals surface area contributed by atoms with Gasteiger partial charge in [-0.05, 0) is 56.0 Å². The van der Waals surface area contributed by atoms with Crippen molar-refractivity contribution in [1.82, 2.24) is 34.7 Å². The highest BCUT2D eigenvalue weighted by molar-refractivity contribution is 6.30. The number of nitrogens with zero attached hydrogens (tertiary/aromatic N) is 7. The molecule has 3 aromatic heterocycles. The molecule has 0 bridgehead atoms. The van der Waals surface area contributed by atoms with Crippen molar-refractivity contribution in [3.63, 3.8) is 0 Å². The predicted octanol–water partition coefficient (Wildman–Crippen LogP) is 4.06. The molecule has 1 fully saturated rings. The molecule has 5 rings (SSSR count). The van der Waals surface area contributed by atoms with Crippen LogP contribution in [-0.4, -0.2) is 40.8 Å². The Bertz CT molecular complexity index is 1100. The highest BCUT2D eigenvalue weighted by atomic mass is 35.5. The molecule has 1 aliphatic carbocycles. The molecule has 158 valence electrons. The lowest BCUT2D eigenvalue weighted by Crippen LogP contribution is -2.25. The molecule has 4 aromatic rings. The first-order chi connectivity index (χ1) is 15.3. The van der Waals surface area contributed by atoms with Gasteiger partial charge in [-0.3, -0.25) is 4.57 Å². The molecule has 8 nitrogen and oxygen atoms in total. The first kappa shape index (κ1) is 19.7. The van der Waals surface area contributed by atoms with E-state index in [0.717, 1.165) is 43.0 Å². The fraction of sp³-hybridized carbons (Fsp3) is 0.318. The molecule has 3 heterocycles. The Morgan fingerprint density at radius 3 is 2.39 bits per heavy atom. The maximum absolute atomic E-state index is 6.12. The van der Waals surface area contributed by atoms with Crippen molar-refractivity contribution in [2.75, 3.05) is 0 Å². The van der Waals surface area contributed by atoms with E-state index >= 15 is 0 Å². The molecular formula is C22H22ClN7O. The molecule has 0 saturated heterocycles. The SMILES string of the molecule is Clc1ccc(-n2c(Cn3nccn3)nnc2[C@H]2CC[C@H](Oc3ccccn3)CC2)cc1. The highest BCUT2D eigenvalue weighted by Gasteiger charge is 2.29. The van der Waals surface area contributed by atoms with Gasteiger partial charge in [0.05, 0.1) is 12.4 Å². The Hall–Kier alpha value is -3.26. The van der Waals surface area contributed by atoms with E-state index in [1.807, 2.05) is 42.5 Å². The van der Waals surface area contributed by atoms with E-state index in [2.05, 4.69) is 29.9 Å². The van der Waals surface area contributed by atoms with Crippen LogP contribution in [0.15, 0.2) is 61.1 Å². The lowest BCUT2D eigenvalue weighted by Gasteiger charge is -2.28. The van der Waals surface area contributed by atoms with E-state index in [0.29, 0.717) is 23.4 Å². The Morgan fingerprint density at radius 2 is 1.68 bits per heavy atom. The molecule has 0 atom stereocenters. The molecule has 0 aliphatic heterocycles. The zero-order valence-corrected chi connectivity index (χ0v) is 17.6. The molecule has 1 aromatic carbocycles. The molecule has 31 heavy (non-hydrogen) atoms. The molecule has 0 amide bonds. The number of rotatable bonds is 6. The van der Waals surface area contributed by atoms with Gasteiger partial charge in [0.1, 0.15) is 18.5 Å². The average molecular weight is 436 g/mol. The second kappa shape index (κ2) is 8.85. The summed E-state index contributed by atoms with van der Waals surface area (Å²) in [6.45, 7) is 0.445. The van der Waals surface area contributed by atoms with Crippen LogP contribution in [0.3, 0.4) is 0 Å². The van der Waals surface area contributed by atoms with Crippen molar-refractivity contribution in [2.45, 2.75) is 44.2 Å². The summed E-state index contributed by atoms with van der Waals surface area (Å²) >= 11 is 6.12. The third kappa shape index (κ3) is 4.44. The maximum Gasteiger partial charge on any atom is 0.213 e. The van der Waals surface area contributed by atoms with Crippen LogP contribution in [0.4, 0.5) is 0 Å². The van der Waals surface area contributed by atoms with Crippen LogP contribution in [0.25, 0.3) is 5.69 Å². The summed E-state index contributed by atoms with van der Waals surface area (Å²) in [5.41, 5.74) is 0.985. The molecular weight excluding hydrogens is 414 g/mol. The highest BCUT2D eigenvalue weighted by Crippen LogP contribution is 2.35. The van der Waals surface area contributed by atoms with Crippen LogP contribution in [0.5, 0.6) is 5.88 Å². The van der Waals surface area contributed by atoms with Gasteiger partial charge in [0.25, 0.3) is 0 Å². The van der Waals surface area contributed by atoms with Gasteiger partial charge in [-0.1, -0.05) is 17.7 Å². The van der Waals surface area contributed by atoms with Crippen LogP contribution in [0.2, 0.25) is 5.02 Å². The van der Waals surface area contributed by atoms with E-state index in [1.54, 1.807) is 23.4 Å². The summed E-state index contributed by atoms with van der Waals surface area (Å²) in [7, 11) is 0. The van der Waals surface area contributed by atoms with Crippen LogP contribution in [-0.2, 0) is 6.54 Å². The minimum absolute atomic E-state index is 0.172. The van der Waals surface area contributed by atoms with E-state index in [9.17, 15) is 0 Å². The van der Waals surface area contributed by atoms with E-state index in [-0.39, 0.29) is 6.10 Å². The molecule has 1 saturated carbocycles. The van der Waals surface area contributed by atoms with Crippen LogP contribution < -0.4 is 4.74 Å². The fourth-order valence-corrected chi connectivity index (χ4v) is 4.17. The standard InChI is InChI=1S/C22H22ClN7O/c23-17-6-8-18(9-7-17)30-20(15-29-25-13-14-26-29)27-28-22(30)16-4-10-19(11-5-16)31-21-3-1-2-12-24-21/h1-3,6-9,12-14,16,19H,4-5,10-11,15H2/t16-,19-. The Balaban J connectivity index is 1.37. The molecule has 9 heteroatoms. The number of aromatic nitrogens is 7. The molecule has 0 radical (unpaired) electrons. The van der Waals surface area contributed by atoms with Crippen molar-refractivity contribution in [3.05, 3.63) is 77.7 Å². The molecule has 0 spiro atoms. The van der Waals surface area contributed by atoms with Gasteiger partial charge in [0, 0.05) is 28.9 Å². The lowest BCUT2D eigenvalue weighted by molar-refractivity contribution is 0.139. The van der Waals surface area contributed by atoms with Gasteiger partial charge in [0.2, 0.25) is 5.88 Å². The summed E-state index contributed by atoms with van der Waals surface area (Å²) in [6.07, 6.45) is 9.10. The minimum Gasteiger partial charge on any atom is -0.474 e. The van der Waals surface area contributed by atoms with E-state index in [1.165, 1.54) is 0 Å². The van der Waals surface area contributed by atoms with E-state index in [4.69, 9.17) is 16.3 Å². The zero-order valence-electron chi connectivity index (χ0n) is 16.9. The van der Waals surface area contributed by atoms with Crippen molar-refractivity contribution < 1.29 is 4.74 Å². The number of ether oxygens (including phenoxy) is 1. The largest absolute Gasteiger partial charge is 0.474 e. The van der Waals surface area contributed by atoms with Gasteiger partial charge in [-0.2, -0.15) is 15.0 Å². The topological polar surface area (TPSA) is 83.5 Å². The third-order valence-corrected chi connectivity index (χ3v) is 5.81. The monoisotopic (exact) mass is 435 g/mol. The van der Waals surface area contributed by atoms with Gasteiger partial charge in [-0.25, -0.2) is 4.98 Å². The number of halogens is 1. The van der Waals surface area contributed by atoms with E-state index < -0.39 is 0 Å². The van der Waals surface area contributed by atoms with Gasteiger partial charge < -0.3 is 4.74 Å². The van der Waals surface area contributed by atoms with Crippen molar-refractivity contribution in [3.8, 4) is 11.6 Å². The number of pyridine rings is 1. The van der Waals surface area contributed by atoms with Crippen LogP contribution >= 0.6 is 11.6 Å². The minimum atomic E-state index is 0.172. The summed E-state index contributed by atoms with van der Waals surface area (Å²) < 4.78 is 8.17. The van der Waals surface area contributed by atoms with Crippen molar-refractivity contribution >= 4 is 11.6 Å². The molecule has 0 N–H and O–H groups in total. The van der Waals surface area contributed by atoms with Crippen LogP contribution in [0, 0.1) is 0 Å². The second-order valence-electron chi connectivity index (χ2n) is 7.61. The quantitative estimate of drug-likeness (QED) is 0.454. The number of hydrogen-bond acceptors (Lipinski definition) is 6. The first-order valence-corrected chi connectivity index (χ1v) is 10.8. The van der Waals surface area contributed by atoms with Crippen molar-refractivity contribution in [2.24, 2.45) is 0 Å². The second-order valence-corrected chi connectivity index (χ2v) is 8.04. The third-order valence-electron chi connectivity index (χ3n) is 5.55. The summed E-state index contributed by atoms with van der Waals surface area (Å²) in [6, 6.07) is 13.5. The lowest BCUT2D eigenvalue weighted by atomic mass is 9.86. The Morgan fingerprint density at radius 1 is 0.903 bits per heavy atom. The van der Waals surface area contributed by atoms with Crippen molar-refractivity contribution in [1.29, 1.82) is 0 Å². The molecule has 1 aliphatic rings. The number of hydrogen-bond donors (Lipinski definition) is 0. The smallest absolute Gasteiger partial charge is 0.213 e. The zero-order chi connectivity index (χ0) is 21.0. The Labute approximate surface area is 184 Å². The molecule has 0 unspecified atom stereocenters. The average Bonchev–Trinajstić information content (AvgIpc) is 3.46. The normalized spacial score (nSPS) is 18.7.